The van der Waals surface area contributed by atoms with Crippen LogP contribution in [0.3, 0.4) is 0 Å². The maximum atomic E-state index is 13.1. The lowest BCUT2D eigenvalue weighted by Crippen LogP contribution is -2.43. The highest BCUT2D eigenvalue weighted by Gasteiger charge is 2.41. The third-order valence-electron chi connectivity index (χ3n) is 6.14. The number of amides is 1. The number of aromatic nitrogens is 2. The van der Waals surface area contributed by atoms with Gasteiger partial charge in [0.05, 0.1) is 28.8 Å². The van der Waals surface area contributed by atoms with Crippen LogP contribution in [0.4, 0.5) is 0 Å². The second kappa shape index (κ2) is 7.55. The van der Waals surface area contributed by atoms with Crippen molar-refractivity contribution in [3.8, 4) is 0 Å². The summed E-state index contributed by atoms with van der Waals surface area (Å²) < 4.78 is 8.37. The van der Waals surface area contributed by atoms with Gasteiger partial charge in [-0.1, -0.05) is 12.1 Å². The van der Waals surface area contributed by atoms with Crippen LogP contribution in [0.5, 0.6) is 0 Å². The van der Waals surface area contributed by atoms with Gasteiger partial charge in [-0.25, -0.2) is 4.98 Å². The Morgan fingerprint density at radius 2 is 2.17 bits per heavy atom. The molecule has 152 valence electrons. The van der Waals surface area contributed by atoms with Crippen LogP contribution in [-0.2, 0) is 23.3 Å². The molecule has 4 heterocycles. The molecule has 1 saturated heterocycles. The Bertz CT molecular complexity index is 1030. The lowest BCUT2D eigenvalue weighted by Gasteiger charge is -2.40. The molecule has 2 aromatic heterocycles. The number of nitrogens with one attached hydrogen (secondary N) is 1. The highest BCUT2D eigenvalue weighted by Crippen LogP contribution is 2.44. The Kier molecular flexibility index (Phi) is 4.89. The maximum absolute atomic E-state index is 13.1. The summed E-state index contributed by atoms with van der Waals surface area (Å²) in [5.41, 5.74) is 3.21. The molecular weight excluding hydrogens is 384 g/mol. The van der Waals surface area contributed by atoms with Gasteiger partial charge < -0.3 is 19.5 Å². The van der Waals surface area contributed by atoms with E-state index in [0.29, 0.717) is 6.54 Å². The minimum absolute atomic E-state index is 0.0953. The van der Waals surface area contributed by atoms with Crippen molar-refractivity contribution < 1.29 is 9.53 Å². The van der Waals surface area contributed by atoms with E-state index in [1.54, 1.807) is 11.3 Å². The zero-order valence-electron chi connectivity index (χ0n) is 16.7. The van der Waals surface area contributed by atoms with Gasteiger partial charge in [-0.3, -0.25) is 4.79 Å². The highest BCUT2D eigenvalue weighted by molar-refractivity contribution is 7.14. The topological polar surface area (TPSA) is 59.4 Å². The first-order valence-corrected chi connectivity index (χ1v) is 11.1. The number of piperidine rings is 1. The van der Waals surface area contributed by atoms with Crippen LogP contribution >= 0.6 is 11.3 Å². The second-order valence-electron chi connectivity index (χ2n) is 7.96. The van der Waals surface area contributed by atoms with Gasteiger partial charge in [0, 0.05) is 25.0 Å². The minimum atomic E-state index is -0.184. The molecule has 1 N–H and O–H groups in total. The third-order valence-corrected chi connectivity index (χ3v) is 7.50. The number of imidazole rings is 1. The number of hydrogen-bond acceptors (Lipinski definition) is 5. The van der Waals surface area contributed by atoms with E-state index in [2.05, 4.69) is 27.0 Å². The molecule has 5 rings (SSSR count). The standard InChI is InChI=1S/C22H26N4O2S/c1-25(11-12-26-15-24-17-4-2-3-5-18(17)26)21(27)19-14-16-6-13-28-22(20(16)29-19)7-9-23-10-8-22/h2-5,14-15,23H,6-13H2,1H3. The molecule has 29 heavy (non-hydrogen) atoms. The van der Waals surface area contributed by atoms with Crippen molar-refractivity contribution in [1.29, 1.82) is 0 Å². The summed E-state index contributed by atoms with van der Waals surface area (Å²) in [5, 5.41) is 3.42. The fourth-order valence-corrected chi connectivity index (χ4v) is 5.87. The number of hydrogen-bond donors (Lipinski definition) is 1. The Balaban J connectivity index is 1.32. The first-order valence-electron chi connectivity index (χ1n) is 10.3. The van der Waals surface area contributed by atoms with Crippen molar-refractivity contribution in [3.63, 3.8) is 0 Å². The van der Waals surface area contributed by atoms with E-state index in [9.17, 15) is 4.79 Å². The molecule has 6 nitrogen and oxygen atoms in total. The number of ether oxygens (including phenoxy) is 1. The van der Waals surface area contributed by atoms with Gasteiger partial charge >= 0.3 is 0 Å². The zero-order chi connectivity index (χ0) is 19.8. The van der Waals surface area contributed by atoms with E-state index in [-0.39, 0.29) is 11.5 Å². The third kappa shape index (κ3) is 3.37. The molecule has 2 aliphatic rings. The maximum Gasteiger partial charge on any atom is 0.263 e. The van der Waals surface area contributed by atoms with Gasteiger partial charge in [0.2, 0.25) is 0 Å². The summed E-state index contributed by atoms with van der Waals surface area (Å²) in [4.78, 5) is 21.5. The number of nitrogens with zero attached hydrogens (tertiary/aromatic N) is 3. The molecule has 0 atom stereocenters. The smallest absolute Gasteiger partial charge is 0.263 e. The van der Waals surface area contributed by atoms with Crippen molar-refractivity contribution in [2.75, 3.05) is 33.3 Å². The van der Waals surface area contributed by atoms with Gasteiger partial charge in [-0.05, 0) is 56.1 Å². The lowest BCUT2D eigenvalue weighted by molar-refractivity contribution is -0.0771. The van der Waals surface area contributed by atoms with E-state index in [0.717, 1.165) is 61.4 Å². The van der Waals surface area contributed by atoms with Crippen molar-refractivity contribution >= 4 is 28.3 Å². The molecule has 0 saturated carbocycles. The Hall–Kier alpha value is -2.22. The Labute approximate surface area is 174 Å². The monoisotopic (exact) mass is 410 g/mol. The largest absolute Gasteiger partial charge is 0.369 e. The molecule has 1 amide bonds. The first kappa shape index (κ1) is 18.8. The molecule has 7 heteroatoms. The summed E-state index contributed by atoms with van der Waals surface area (Å²) in [5.74, 6) is 0.0953. The van der Waals surface area contributed by atoms with E-state index in [4.69, 9.17) is 4.74 Å². The van der Waals surface area contributed by atoms with Crippen LogP contribution in [-0.4, -0.2) is 53.6 Å². The summed E-state index contributed by atoms with van der Waals surface area (Å²) in [6.45, 7) is 4.07. The first-order chi connectivity index (χ1) is 14.2. The molecule has 0 aliphatic carbocycles. The predicted molar refractivity (Wildman–Crippen MR) is 114 cm³/mol. The summed E-state index contributed by atoms with van der Waals surface area (Å²) in [7, 11) is 1.89. The van der Waals surface area contributed by atoms with E-state index >= 15 is 0 Å². The molecule has 0 unspecified atom stereocenters. The van der Waals surface area contributed by atoms with E-state index in [1.165, 1.54) is 10.4 Å². The van der Waals surface area contributed by atoms with Gasteiger partial charge in [-0.15, -0.1) is 11.3 Å². The van der Waals surface area contributed by atoms with Gasteiger partial charge in [0.25, 0.3) is 5.91 Å². The summed E-state index contributed by atoms with van der Waals surface area (Å²) >= 11 is 1.64. The number of thiophene rings is 1. The zero-order valence-corrected chi connectivity index (χ0v) is 17.5. The van der Waals surface area contributed by atoms with Gasteiger partial charge in [-0.2, -0.15) is 0 Å². The molecule has 1 fully saturated rings. The van der Waals surface area contributed by atoms with Crippen LogP contribution in [0.15, 0.2) is 36.7 Å². The normalized spacial score (nSPS) is 18.1. The molecule has 1 aromatic carbocycles. The highest BCUT2D eigenvalue weighted by atomic mass is 32.1. The fourth-order valence-electron chi connectivity index (χ4n) is 4.47. The Morgan fingerprint density at radius 3 is 3.03 bits per heavy atom. The molecule has 3 aromatic rings. The van der Waals surface area contributed by atoms with Crippen molar-refractivity contribution in [1.82, 2.24) is 19.8 Å². The van der Waals surface area contributed by atoms with Crippen molar-refractivity contribution in [2.24, 2.45) is 0 Å². The molecule has 1 spiro atoms. The van der Waals surface area contributed by atoms with Crippen LogP contribution in [0.2, 0.25) is 0 Å². The number of carbonyl (C=O) groups is 1. The lowest BCUT2D eigenvalue weighted by atomic mass is 9.86. The van der Waals surface area contributed by atoms with Crippen LogP contribution in [0.25, 0.3) is 11.0 Å². The predicted octanol–water partition coefficient (Wildman–Crippen LogP) is 3.02. The van der Waals surface area contributed by atoms with Crippen LogP contribution < -0.4 is 5.32 Å². The number of likely N-dealkylation sites (N-methyl/N-ethyl adjacent to an activating group) is 1. The summed E-state index contributed by atoms with van der Waals surface area (Å²) in [6.07, 6.45) is 4.72. The number of carbonyl (C=O) groups excluding carboxylic acids is 1. The van der Waals surface area contributed by atoms with Crippen LogP contribution in [0, 0.1) is 0 Å². The average molecular weight is 411 g/mol. The van der Waals surface area contributed by atoms with Gasteiger partial charge in [0.15, 0.2) is 0 Å². The van der Waals surface area contributed by atoms with E-state index < -0.39 is 0 Å². The number of rotatable bonds is 4. The van der Waals surface area contributed by atoms with E-state index in [1.807, 2.05) is 36.5 Å². The molecular formula is C22H26N4O2S. The SMILES string of the molecule is CN(CCn1cnc2ccccc21)C(=O)c1cc2c(s1)C1(CCNCC1)OCC2. The molecule has 2 aliphatic heterocycles. The minimum Gasteiger partial charge on any atom is -0.369 e. The van der Waals surface area contributed by atoms with Crippen molar-refractivity contribution in [2.45, 2.75) is 31.4 Å². The fraction of sp³-hybridized carbons (Fsp3) is 0.455. The molecule has 0 radical (unpaired) electrons. The average Bonchev–Trinajstić information content (AvgIpc) is 3.37. The van der Waals surface area contributed by atoms with Crippen molar-refractivity contribution in [3.05, 3.63) is 52.0 Å². The number of benzene rings is 1. The second-order valence-corrected chi connectivity index (χ2v) is 9.01. The number of fused-ring (bicyclic) bond motifs is 3. The Morgan fingerprint density at radius 1 is 1.34 bits per heavy atom. The van der Waals surface area contributed by atoms with Crippen LogP contribution in [0.1, 0.15) is 33.0 Å². The summed E-state index contributed by atoms with van der Waals surface area (Å²) in [6, 6.07) is 10.2. The quantitative estimate of drug-likeness (QED) is 0.718. The van der Waals surface area contributed by atoms with Gasteiger partial charge in [0.1, 0.15) is 5.60 Å². The number of para-hydroxylation sites is 2. The molecule has 0 bridgehead atoms.